The number of sulfone groups is 1. The number of imidazole rings is 1. The molecule has 0 atom stereocenters. The Morgan fingerprint density at radius 2 is 1.73 bits per heavy atom. The number of rotatable bonds is 3. The maximum Gasteiger partial charge on any atom is 0.175 e. The van der Waals surface area contributed by atoms with Crippen LogP contribution in [0, 0.1) is 6.92 Å². The van der Waals surface area contributed by atoms with E-state index in [9.17, 15) is 8.42 Å². The molecule has 0 aliphatic rings. The zero-order valence-corrected chi connectivity index (χ0v) is 13.1. The Bertz CT molecular complexity index is 895. The second-order valence-corrected chi connectivity index (χ2v) is 7.12. The quantitative estimate of drug-likeness (QED) is 0.745. The van der Waals surface area contributed by atoms with Crippen LogP contribution in [0.3, 0.4) is 0 Å². The van der Waals surface area contributed by atoms with Crippen LogP contribution in [0.5, 0.6) is 0 Å². The largest absolute Gasteiger partial charge is 0.299 e. The SMILES string of the molecule is Cc1ccc(-c2cncn2-c2ccc(S(C)(=O)=O)cc2)cn1. The molecule has 0 amide bonds. The molecule has 2 aromatic heterocycles. The van der Waals surface area contributed by atoms with Crippen molar-refractivity contribution in [3.63, 3.8) is 0 Å². The minimum atomic E-state index is -3.19. The van der Waals surface area contributed by atoms with Gasteiger partial charge < -0.3 is 0 Å². The fourth-order valence-corrected chi connectivity index (χ4v) is 2.82. The summed E-state index contributed by atoms with van der Waals surface area (Å²) >= 11 is 0. The maximum absolute atomic E-state index is 11.5. The van der Waals surface area contributed by atoms with Gasteiger partial charge in [-0.25, -0.2) is 13.4 Å². The van der Waals surface area contributed by atoms with Gasteiger partial charge >= 0.3 is 0 Å². The lowest BCUT2D eigenvalue weighted by atomic mass is 10.2. The molecule has 0 radical (unpaired) electrons. The Balaban J connectivity index is 2.03. The highest BCUT2D eigenvalue weighted by atomic mass is 32.2. The summed E-state index contributed by atoms with van der Waals surface area (Å²) < 4.78 is 24.9. The Hall–Kier alpha value is -2.47. The summed E-state index contributed by atoms with van der Waals surface area (Å²) in [6.07, 6.45) is 6.46. The van der Waals surface area contributed by atoms with Crippen molar-refractivity contribution in [3.05, 3.63) is 60.8 Å². The van der Waals surface area contributed by atoms with Crippen LogP contribution in [0.1, 0.15) is 5.69 Å². The number of hydrogen-bond donors (Lipinski definition) is 0. The minimum Gasteiger partial charge on any atom is -0.299 e. The molecule has 1 aromatic carbocycles. The molecule has 0 unspecified atom stereocenters. The Kier molecular flexibility index (Phi) is 3.54. The number of benzene rings is 1. The van der Waals surface area contributed by atoms with Gasteiger partial charge in [0.05, 0.1) is 23.1 Å². The van der Waals surface area contributed by atoms with E-state index in [2.05, 4.69) is 9.97 Å². The molecule has 2 heterocycles. The standard InChI is InChI=1S/C16H15N3O2S/c1-12-3-4-13(9-18-12)16-10-17-11-19(16)14-5-7-15(8-6-14)22(2,20)21/h3-11H,1-2H3. The van der Waals surface area contributed by atoms with Crippen LogP contribution in [0.2, 0.25) is 0 Å². The number of hydrogen-bond acceptors (Lipinski definition) is 4. The van der Waals surface area contributed by atoms with E-state index in [1.54, 1.807) is 43.0 Å². The van der Waals surface area contributed by atoms with E-state index in [0.717, 1.165) is 22.6 Å². The fourth-order valence-electron chi connectivity index (χ4n) is 2.19. The van der Waals surface area contributed by atoms with Gasteiger partial charge in [-0.2, -0.15) is 0 Å². The van der Waals surface area contributed by atoms with Crippen molar-refractivity contribution in [2.24, 2.45) is 0 Å². The summed E-state index contributed by atoms with van der Waals surface area (Å²) in [5.74, 6) is 0. The number of pyridine rings is 1. The predicted octanol–water partition coefficient (Wildman–Crippen LogP) is 2.65. The van der Waals surface area contributed by atoms with E-state index in [1.165, 1.54) is 6.26 Å². The third-order valence-corrected chi connectivity index (χ3v) is 4.52. The smallest absolute Gasteiger partial charge is 0.175 e. The van der Waals surface area contributed by atoms with E-state index in [4.69, 9.17) is 0 Å². The summed E-state index contributed by atoms with van der Waals surface area (Å²) in [4.78, 5) is 8.78. The van der Waals surface area contributed by atoms with Crippen molar-refractivity contribution in [1.29, 1.82) is 0 Å². The highest BCUT2D eigenvalue weighted by molar-refractivity contribution is 7.90. The second kappa shape index (κ2) is 5.38. The van der Waals surface area contributed by atoms with Crippen molar-refractivity contribution in [2.45, 2.75) is 11.8 Å². The van der Waals surface area contributed by atoms with Gasteiger partial charge in [-0.15, -0.1) is 0 Å². The number of nitrogens with zero attached hydrogens (tertiary/aromatic N) is 3. The monoisotopic (exact) mass is 313 g/mol. The lowest BCUT2D eigenvalue weighted by Crippen LogP contribution is -1.99. The average molecular weight is 313 g/mol. The van der Waals surface area contributed by atoms with Crippen molar-refractivity contribution in [2.75, 3.05) is 6.26 Å². The van der Waals surface area contributed by atoms with Gasteiger partial charge in [0.15, 0.2) is 9.84 Å². The maximum atomic E-state index is 11.5. The molecule has 0 N–H and O–H groups in total. The number of aryl methyl sites for hydroxylation is 1. The van der Waals surface area contributed by atoms with Gasteiger partial charge in [0.25, 0.3) is 0 Å². The zero-order valence-electron chi connectivity index (χ0n) is 12.3. The highest BCUT2D eigenvalue weighted by Gasteiger charge is 2.10. The van der Waals surface area contributed by atoms with Gasteiger partial charge in [0.1, 0.15) is 0 Å². The molecular weight excluding hydrogens is 298 g/mol. The zero-order chi connectivity index (χ0) is 15.7. The molecule has 3 rings (SSSR count). The lowest BCUT2D eigenvalue weighted by Gasteiger charge is -2.09. The second-order valence-electron chi connectivity index (χ2n) is 5.10. The van der Waals surface area contributed by atoms with Crippen LogP contribution >= 0.6 is 0 Å². The molecular formula is C16H15N3O2S. The van der Waals surface area contributed by atoms with Crippen LogP contribution in [0.4, 0.5) is 0 Å². The van der Waals surface area contributed by atoms with Crippen molar-refractivity contribution in [1.82, 2.24) is 14.5 Å². The van der Waals surface area contributed by atoms with Gasteiger partial charge in [0.2, 0.25) is 0 Å². The topological polar surface area (TPSA) is 64.8 Å². The predicted molar refractivity (Wildman–Crippen MR) is 84.6 cm³/mol. The number of aromatic nitrogens is 3. The van der Waals surface area contributed by atoms with Crippen molar-refractivity contribution in [3.8, 4) is 16.9 Å². The van der Waals surface area contributed by atoms with Crippen molar-refractivity contribution < 1.29 is 8.42 Å². The molecule has 0 fully saturated rings. The molecule has 0 saturated heterocycles. The van der Waals surface area contributed by atoms with Crippen LogP contribution in [0.15, 0.2) is 60.0 Å². The third kappa shape index (κ3) is 2.78. The normalized spacial score (nSPS) is 11.5. The van der Waals surface area contributed by atoms with Gasteiger partial charge in [-0.05, 0) is 43.3 Å². The first-order valence-corrected chi connectivity index (χ1v) is 8.60. The minimum absolute atomic E-state index is 0.301. The summed E-state index contributed by atoms with van der Waals surface area (Å²) in [7, 11) is -3.19. The third-order valence-electron chi connectivity index (χ3n) is 3.39. The van der Waals surface area contributed by atoms with E-state index >= 15 is 0 Å². The first kappa shape index (κ1) is 14.5. The Morgan fingerprint density at radius 3 is 2.32 bits per heavy atom. The molecule has 6 heteroatoms. The Labute approximate surface area is 129 Å². The molecule has 0 aliphatic carbocycles. The summed E-state index contributed by atoms with van der Waals surface area (Å²) in [5, 5.41) is 0. The molecule has 0 aliphatic heterocycles. The molecule has 0 bridgehead atoms. The lowest BCUT2D eigenvalue weighted by molar-refractivity contribution is 0.602. The Morgan fingerprint density at radius 1 is 1.00 bits per heavy atom. The van der Waals surface area contributed by atoms with Crippen LogP contribution < -0.4 is 0 Å². The van der Waals surface area contributed by atoms with E-state index in [-0.39, 0.29) is 0 Å². The molecule has 3 aromatic rings. The average Bonchev–Trinajstić information content (AvgIpc) is 2.97. The van der Waals surface area contributed by atoms with Crippen LogP contribution in [-0.4, -0.2) is 29.2 Å². The molecule has 112 valence electrons. The summed E-state index contributed by atoms with van der Waals surface area (Å²) in [6.45, 7) is 1.94. The van der Waals surface area contributed by atoms with E-state index in [1.807, 2.05) is 23.6 Å². The van der Waals surface area contributed by atoms with Gasteiger partial charge in [0, 0.05) is 29.4 Å². The van der Waals surface area contributed by atoms with E-state index < -0.39 is 9.84 Å². The first-order valence-electron chi connectivity index (χ1n) is 6.71. The molecule has 5 nitrogen and oxygen atoms in total. The van der Waals surface area contributed by atoms with Crippen LogP contribution in [0.25, 0.3) is 16.9 Å². The van der Waals surface area contributed by atoms with Crippen LogP contribution in [-0.2, 0) is 9.84 Å². The van der Waals surface area contributed by atoms with Gasteiger partial charge in [-0.1, -0.05) is 0 Å². The molecule has 22 heavy (non-hydrogen) atoms. The summed E-state index contributed by atoms with van der Waals surface area (Å²) in [6, 6.07) is 10.7. The summed E-state index contributed by atoms with van der Waals surface area (Å²) in [5.41, 5.74) is 3.66. The van der Waals surface area contributed by atoms with Gasteiger partial charge in [-0.3, -0.25) is 9.55 Å². The fraction of sp³-hybridized carbons (Fsp3) is 0.125. The van der Waals surface area contributed by atoms with Crippen molar-refractivity contribution >= 4 is 9.84 Å². The highest BCUT2D eigenvalue weighted by Crippen LogP contribution is 2.23. The van der Waals surface area contributed by atoms with E-state index in [0.29, 0.717) is 4.90 Å². The molecule has 0 spiro atoms. The molecule has 0 saturated carbocycles. The first-order chi connectivity index (χ1) is 10.4.